The number of primary amides is 2. The van der Waals surface area contributed by atoms with Gasteiger partial charge < -0.3 is 22.1 Å². The minimum absolute atomic E-state index is 0.153. The molecule has 4 amide bonds. The van der Waals surface area contributed by atoms with Crippen LogP contribution in [0.4, 0.5) is 0 Å². The first-order valence-electron chi connectivity index (χ1n) is 9.74. The predicted octanol–water partition coefficient (Wildman–Crippen LogP) is -4.02. The van der Waals surface area contributed by atoms with Gasteiger partial charge in [0.25, 0.3) is 0 Å². The van der Waals surface area contributed by atoms with Crippen LogP contribution in [-0.4, -0.2) is 123 Å². The Bertz CT molecular complexity index is 478. The molecule has 1 aliphatic heterocycles. The fraction of sp³-hybridized carbons (Fsp3) is 0.765. The van der Waals surface area contributed by atoms with Crippen molar-refractivity contribution in [3.05, 3.63) is 0 Å². The molecule has 1 saturated heterocycles. The molecule has 0 aromatic carbocycles. The Hall–Kier alpha value is -2.28. The Kier molecular flexibility index (Phi) is 12.5. The molecule has 12 nitrogen and oxygen atoms in total. The molecule has 1 rings (SSSR count). The lowest BCUT2D eigenvalue weighted by Crippen LogP contribution is -2.46. The zero-order valence-corrected chi connectivity index (χ0v) is 16.9. The van der Waals surface area contributed by atoms with Crippen molar-refractivity contribution in [2.45, 2.75) is 6.42 Å². The number of hydrogen-bond donors (Lipinski definition) is 4. The van der Waals surface area contributed by atoms with Gasteiger partial charge in [-0.15, -0.1) is 0 Å². The van der Waals surface area contributed by atoms with Crippen molar-refractivity contribution < 1.29 is 19.2 Å². The second-order valence-corrected chi connectivity index (χ2v) is 7.03. The standard InChI is InChI=1S/C17H34N8O4/c18-16(28)10-22-2-1-3-23(11-17(19)29)5-7-25(13-21-15-27)9-8-24(6-4-22)12-20-14-26/h14-15H,1-13H2,(H2,18,28)(H2,19,29)(H,20,26)(H,21,27). The predicted molar refractivity (Wildman–Crippen MR) is 107 cm³/mol. The van der Waals surface area contributed by atoms with Gasteiger partial charge in [0, 0.05) is 39.3 Å². The summed E-state index contributed by atoms with van der Waals surface area (Å²) >= 11 is 0. The molecule has 0 aliphatic carbocycles. The molecular weight excluding hydrogens is 380 g/mol. The van der Waals surface area contributed by atoms with E-state index in [0.29, 0.717) is 78.5 Å². The number of amides is 4. The van der Waals surface area contributed by atoms with Crippen molar-refractivity contribution in [1.29, 1.82) is 0 Å². The molecule has 0 atom stereocenters. The van der Waals surface area contributed by atoms with Gasteiger partial charge in [-0.25, -0.2) is 0 Å². The summed E-state index contributed by atoms with van der Waals surface area (Å²) in [7, 11) is 0. The Balaban J connectivity index is 2.86. The molecule has 1 aliphatic rings. The molecule has 1 heterocycles. The van der Waals surface area contributed by atoms with Crippen LogP contribution in [-0.2, 0) is 19.2 Å². The van der Waals surface area contributed by atoms with Crippen LogP contribution in [0.2, 0.25) is 0 Å². The average molecular weight is 415 g/mol. The molecule has 0 saturated carbocycles. The zero-order valence-electron chi connectivity index (χ0n) is 16.9. The topological polar surface area (TPSA) is 157 Å². The third kappa shape index (κ3) is 12.0. The Morgan fingerprint density at radius 3 is 1.31 bits per heavy atom. The summed E-state index contributed by atoms with van der Waals surface area (Å²) in [4.78, 5) is 52.3. The average Bonchev–Trinajstić information content (AvgIpc) is 2.67. The SMILES string of the molecule is NC(=O)CN1CCCN(CC(N)=O)CCN(CNC=O)CCN(CNC=O)CC1. The van der Waals surface area contributed by atoms with E-state index in [1.807, 2.05) is 9.80 Å². The van der Waals surface area contributed by atoms with Crippen LogP contribution in [0, 0.1) is 0 Å². The number of nitrogens with one attached hydrogen (secondary N) is 2. The van der Waals surface area contributed by atoms with Gasteiger partial charge in [0.15, 0.2) is 0 Å². The Morgan fingerprint density at radius 2 is 1.00 bits per heavy atom. The first-order valence-corrected chi connectivity index (χ1v) is 9.74. The summed E-state index contributed by atoms with van der Waals surface area (Å²) in [6.45, 7) is 6.23. The lowest BCUT2D eigenvalue weighted by atomic mass is 10.3. The first kappa shape index (κ1) is 24.8. The number of hydrogen-bond acceptors (Lipinski definition) is 8. The maximum atomic E-state index is 11.4. The maximum Gasteiger partial charge on any atom is 0.231 e. The highest BCUT2D eigenvalue weighted by Gasteiger charge is 2.17. The summed E-state index contributed by atoms with van der Waals surface area (Å²) in [5.74, 6) is -0.793. The Morgan fingerprint density at radius 1 is 0.655 bits per heavy atom. The van der Waals surface area contributed by atoms with E-state index in [9.17, 15) is 19.2 Å². The lowest BCUT2D eigenvalue weighted by molar-refractivity contribution is -0.119. The van der Waals surface area contributed by atoms with E-state index < -0.39 is 11.8 Å². The molecule has 0 spiro atoms. The van der Waals surface area contributed by atoms with Gasteiger partial charge in [-0.3, -0.25) is 38.8 Å². The quantitative estimate of drug-likeness (QED) is 0.263. The normalized spacial score (nSPS) is 19.3. The second kappa shape index (κ2) is 14.7. The first-order chi connectivity index (χ1) is 13.9. The van der Waals surface area contributed by atoms with Crippen LogP contribution in [0.5, 0.6) is 0 Å². The van der Waals surface area contributed by atoms with Crippen molar-refractivity contribution in [1.82, 2.24) is 30.2 Å². The summed E-state index contributed by atoms with van der Waals surface area (Å²) in [6, 6.07) is 0. The van der Waals surface area contributed by atoms with E-state index in [0.717, 1.165) is 6.42 Å². The maximum absolute atomic E-state index is 11.4. The van der Waals surface area contributed by atoms with Crippen LogP contribution in [0.3, 0.4) is 0 Å². The molecule has 0 bridgehead atoms. The molecule has 0 aromatic rings. The molecule has 6 N–H and O–H groups in total. The number of nitrogens with two attached hydrogens (primary N) is 2. The summed E-state index contributed by atoms with van der Waals surface area (Å²) in [6.07, 6.45) is 2.05. The van der Waals surface area contributed by atoms with Crippen LogP contribution >= 0.6 is 0 Å². The lowest BCUT2D eigenvalue weighted by Gasteiger charge is -2.29. The van der Waals surface area contributed by atoms with Crippen molar-refractivity contribution in [2.75, 3.05) is 78.8 Å². The van der Waals surface area contributed by atoms with Gasteiger partial charge in [-0.1, -0.05) is 0 Å². The third-order valence-electron chi connectivity index (χ3n) is 4.70. The van der Waals surface area contributed by atoms with Gasteiger partial charge in [0.1, 0.15) is 0 Å². The zero-order chi connectivity index (χ0) is 21.5. The van der Waals surface area contributed by atoms with E-state index in [2.05, 4.69) is 20.4 Å². The fourth-order valence-electron chi connectivity index (χ4n) is 3.22. The fourth-order valence-corrected chi connectivity index (χ4v) is 3.22. The van der Waals surface area contributed by atoms with E-state index >= 15 is 0 Å². The molecule has 0 unspecified atom stereocenters. The monoisotopic (exact) mass is 414 g/mol. The summed E-state index contributed by atoms with van der Waals surface area (Å²) in [5.41, 5.74) is 10.7. The molecule has 0 aromatic heterocycles. The van der Waals surface area contributed by atoms with Crippen LogP contribution < -0.4 is 22.1 Å². The van der Waals surface area contributed by atoms with Gasteiger partial charge in [0.05, 0.1) is 26.4 Å². The van der Waals surface area contributed by atoms with E-state index in [1.54, 1.807) is 0 Å². The highest BCUT2D eigenvalue weighted by molar-refractivity contribution is 5.76. The molecule has 166 valence electrons. The van der Waals surface area contributed by atoms with Crippen molar-refractivity contribution >= 4 is 24.6 Å². The Labute approximate surface area is 171 Å². The van der Waals surface area contributed by atoms with Crippen LogP contribution in [0.15, 0.2) is 0 Å². The van der Waals surface area contributed by atoms with E-state index in [4.69, 9.17) is 11.5 Å². The van der Waals surface area contributed by atoms with E-state index in [-0.39, 0.29) is 13.1 Å². The summed E-state index contributed by atoms with van der Waals surface area (Å²) in [5, 5.41) is 5.34. The van der Waals surface area contributed by atoms with Crippen molar-refractivity contribution in [2.24, 2.45) is 11.5 Å². The molecule has 0 radical (unpaired) electrons. The number of carbonyl (C=O) groups excluding carboxylic acids is 4. The van der Waals surface area contributed by atoms with Crippen LogP contribution in [0.25, 0.3) is 0 Å². The van der Waals surface area contributed by atoms with Gasteiger partial charge in [-0.05, 0) is 19.5 Å². The number of rotatable bonds is 10. The molecule has 12 heteroatoms. The summed E-state index contributed by atoms with van der Waals surface area (Å²) < 4.78 is 0. The minimum atomic E-state index is -0.396. The largest absolute Gasteiger partial charge is 0.369 e. The second-order valence-electron chi connectivity index (χ2n) is 7.03. The van der Waals surface area contributed by atoms with Gasteiger partial charge >= 0.3 is 0 Å². The van der Waals surface area contributed by atoms with Crippen molar-refractivity contribution in [3.8, 4) is 0 Å². The molecule has 29 heavy (non-hydrogen) atoms. The molecule has 1 fully saturated rings. The van der Waals surface area contributed by atoms with Crippen molar-refractivity contribution in [3.63, 3.8) is 0 Å². The third-order valence-corrected chi connectivity index (χ3v) is 4.70. The van der Waals surface area contributed by atoms with Gasteiger partial charge in [0.2, 0.25) is 24.6 Å². The highest BCUT2D eigenvalue weighted by Crippen LogP contribution is 2.01. The number of nitrogens with zero attached hydrogens (tertiary/aromatic N) is 4. The smallest absolute Gasteiger partial charge is 0.231 e. The highest BCUT2D eigenvalue weighted by atomic mass is 16.2. The number of carbonyl (C=O) groups is 4. The molecular formula is C17H34N8O4. The van der Waals surface area contributed by atoms with E-state index in [1.165, 1.54) is 0 Å². The minimum Gasteiger partial charge on any atom is -0.369 e. The van der Waals surface area contributed by atoms with Crippen LogP contribution in [0.1, 0.15) is 6.42 Å². The van der Waals surface area contributed by atoms with Gasteiger partial charge in [-0.2, -0.15) is 0 Å².